The quantitative estimate of drug-likeness (QED) is 0.206. The molecule has 1 amide bonds. The Hall–Kier alpha value is -2.01. The maximum atomic E-state index is 12.6. The van der Waals surface area contributed by atoms with Crippen molar-refractivity contribution in [3.8, 4) is 0 Å². The van der Waals surface area contributed by atoms with E-state index >= 15 is 0 Å². The predicted molar refractivity (Wildman–Crippen MR) is 89.9 cm³/mol. The Morgan fingerprint density at radius 2 is 2.11 bits per heavy atom. The van der Waals surface area contributed by atoms with Gasteiger partial charge in [0.15, 0.2) is 15.2 Å². The Kier molecular flexibility index (Phi) is 6.81. The number of pyridine rings is 1. The fourth-order valence-corrected chi connectivity index (χ4v) is 4.88. The summed E-state index contributed by atoms with van der Waals surface area (Å²) in [5.41, 5.74) is -0.463. The maximum absolute atomic E-state index is 12.6. The monoisotopic (exact) mass is 414 g/mol. The van der Waals surface area contributed by atoms with Gasteiger partial charge >= 0.3 is 35.5 Å². The van der Waals surface area contributed by atoms with E-state index in [0.29, 0.717) is 10.6 Å². The molecular formula is C17H15N2NaO7S. The summed E-state index contributed by atoms with van der Waals surface area (Å²) in [5.74, 6) is -3.75. The van der Waals surface area contributed by atoms with Gasteiger partial charge < -0.3 is 14.6 Å². The van der Waals surface area contributed by atoms with Crippen molar-refractivity contribution in [1.29, 1.82) is 0 Å². The van der Waals surface area contributed by atoms with Gasteiger partial charge in [0.2, 0.25) is 0 Å². The molecule has 9 nitrogen and oxygen atoms in total. The summed E-state index contributed by atoms with van der Waals surface area (Å²) in [6.45, 7) is 1.00. The molecule has 142 valence electrons. The first kappa shape index (κ1) is 22.3. The minimum absolute atomic E-state index is 0. The number of carbonyl (C=O) groups excluding carboxylic acids is 3. The van der Waals surface area contributed by atoms with Crippen LogP contribution in [0, 0.1) is 0 Å². The van der Waals surface area contributed by atoms with E-state index in [4.69, 9.17) is 4.74 Å². The zero-order chi connectivity index (χ0) is 19.8. The molecule has 3 rings (SSSR count). The number of fused-ring (bicyclic) bond motifs is 1. The third-order valence-electron chi connectivity index (χ3n) is 4.14. The van der Waals surface area contributed by atoms with Crippen LogP contribution in [-0.2, 0) is 29.0 Å². The van der Waals surface area contributed by atoms with Gasteiger partial charge in [0.05, 0.1) is 28.7 Å². The van der Waals surface area contributed by atoms with E-state index in [1.165, 1.54) is 19.2 Å². The number of β-lactam (4-membered cyclic amide) rings is 1. The summed E-state index contributed by atoms with van der Waals surface area (Å²) in [4.78, 5) is 40.0. The second-order valence-corrected chi connectivity index (χ2v) is 8.00. The largest absolute Gasteiger partial charge is 1.00 e. The van der Waals surface area contributed by atoms with Crippen LogP contribution in [0.4, 0.5) is 0 Å². The molecular weight excluding hydrogens is 399 g/mol. The number of esters is 1. The molecule has 1 atom stereocenters. The number of carboxylic acid groups (broad SMARTS) is 1. The summed E-state index contributed by atoms with van der Waals surface area (Å²) < 4.78 is 30.1. The van der Waals surface area contributed by atoms with E-state index in [0.717, 1.165) is 0 Å². The van der Waals surface area contributed by atoms with E-state index in [1.54, 1.807) is 18.2 Å². The Balaban J connectivity index is 0.00000280. The van der Waals surface area contributed by atoms with Crippen LogP contribution in [0.2, 0.25) is 0 Å². The summed E-state index contributed by atoms with van der Waals surface area (Å²) in [6.07, 6.45) is 2.84. The van der Waals surface area contributed by atoms with Gasteiger partial charge in [-0.3, -0.25) is 19.5 Å². The zero-order valence-electron chi connectivity index (χ0n) is 15.2. The molecule has 0 saturated carbocycles. The Bertz CT molecular complexity index is 986. The first-order valence-corrected chi connectivity index (χ1v) is 9.74. The SMILES string of the molecule is CCC(=O)OCC1=C(C(=O)[O-])N2C(=O)/C(=C/c3ccccn3)[C@H]2S(=O)(=O)C1.[Na+]. The minimum Gasteiger partial charge on any atom is -0.543 e. The molecule has 0 N–H and O–H groups in total. The van der Waals surface area contributed by atoms with Gasteiger partial charge in [-0.15, -0.1) is 0 Å². The standard InChI is InChI=1S/C17H16N2O7S.Na/c1-2-13(20)26-8-10-9-27(24,25)16-12(7-11-5-3-4-6-18-11)15(21)19(16)14(10)17(22)23;/h3-7,16H,2,8-9H2,1H3,(H,22,23);/q;+1/p-1/b12-7-;/t16-;/m1./s1. The molecule has 0 spiro atoms. The average molecular weight is 414 g/mol. The van der Waals surface area contributed by atoms with Crippen LogP contribution in [0.1, 0.15) is 19.0 Å². The fourth-order valence-electron chi connectivity index (χ4n) is 2.93. The van der Waals surface area contributed by atoms with Crippen molar-refractivity contribution in [2.45, 2.75) is 18.7 Å². The number of hydrogen-bond acceptors (Lipinski definition) is 8. The number of sulfone groups is 1. The Labute approximate surface area is 183 Å². The maximum Gasteiger partial charge on any atom is 1.00 e. The normalized spacial score (nSPS) is 21.5. The summed E-state index contributed by atoms with van der Waals surface area (Å²) in [7, 11) is -3.93. The second kappa shape index (κ2) is 8.56. The van der Waals surface area contributed by atoms with Gasteiger partial charge in [-0.2, -0.15) is 0 Å². The van der Waals surface area contributed by atoms with Crippen LogP contribution >= 0.6 is 0 Å². The number of rotatable bonds is 5. The molecule has 1 saturated heterocycles. The van der Waals surface area contributed by atoms with Crippen molar-refractivity contribution in [3.05, 3.63) is 46.9 Å². The van der Waals surface area contributed by atoms with E-state index in [9.17, 15) is 27.9 Å². The summed E-state index contributed by atoms with van der Waals surface area (Å²) in [5, 5.41) is 10.1. The second-order valence-electron chi connectivity index (χ2n) is 5.94. The number of aliphatic carboxylic acids is 1. The molecule has 2 aliphatic heterocycles. The number of aromatic nitrogens is 1. The van der Waals surface area contributed by atoms with Gasteiger partial charge in [0.25, 0.3) is 5.91 Å². The van der Waals surface area contributed by atoms with E-state index in [2.05, 4.69) is 4.98 Å². The Morgan fingerprint density at radius 3 is 2.68 bits per heavy atom. The van der Waals surface area contributed by atoms with Crippen LogP contribution < -0.4 is 34.7 Å². The minimum atomic E-state index is -3.93. The molecule has 0 bridgehead atoms. The molecule has 11 heteroatoms. The molecule has 0 aliphatic carbocycles. The fraction of sp³-hybridized carbons (Fsp3) is 0.294. The molecule has 2 aliphatic rings. The van der Waals surface area contributed by atoms with Gasteiger partial charge in [0, 0.05) is 18.2 Å². The predicted octanol–water partition coefficient (Wildman–Crippen LogP) is -3.98. The van der Waals surface area contributed by atoms with Crippen molar-refractivity contribution in [1.82, 2.24) is 9.88 Å². The molecule has 1 aromatic heterocycles. The average Bonchev–Trinajstić information content (AvgIpc) is 2.63. The van der Waals surface area contributed by atoms with Crippen LogP contribution in [0.25, 0.3) is 6.08 Å². The summed E-state index contributed by atoms with van der Waals surface area (Å²) in [6, 6.07) is 4.92. The van der Waals surface area contributed by atoms with Gasteiger partial charge in [0.1, 0.15) is 6.61 Å². The van der Waals surface area contributed by atoms with E-state index in [1.807, 2.05) is 0 Å². The smallest absolute Gasteiger partial charge is 0.543 e. The topological polar surface area (TPSA) is 134 Å². The van der Waals surface area contributed by atoms with Crippen molar-refractivity contribution >= 4 is 33.8 Å². The number of carbonyl (C=O) groups is 3. The third-order valence-corrected chi connectivity index (χ3v) is 6.03. The van der Waals surface area contributed by atoms with Crippen LogP contribution in [-0.4, -0.2) is 53.9 Å². The van der Waals surface area contributed by atoms with E-state index in [-0.39, 0.29) is 47.1 Å². The van der Waals surface area contributed by atoms with Crippen LogP contribution in [0.5, 0.6) is 0 Å². The zero-order valence-corrected chi connectivity index (χ0v) is 18.1. The summed E-state index contributed by atoms with van der Waals surface area (Å²) >= 11 is 0. The number of hydrogen-bond donors (Lipinski definition) is 0. The molecule has 0 unspecified atom stereocenters. The number of nitrogens with zero attached hydrogens (tertiary/aromatic N) is 2. The molecule has 1 aromatic rings. The third kappa shape index (κ3) is 4.04. The molecule has 28 heavy (non-hydrogen) atoms. The number of carboxylic acids is 1. The van der Waals surface area contributed by atoms with Crippen molar-refractivity contribution < 1.29 is 62.2 Å². The first-order chi connectivity index (χ1) is 12.8. The van der Waals surface area contributed by atoms with Crippen LogP contribution in [0.3, 0.4) is 0 Å². The van der Waals surface area contributed by atoms with Gasteiger partial charge in [-0.05, 0) is 18.2 Å². The molecule has 0 aromatic carbocycles. The Morgan fingerprint density at radius 1 is 1.39 bits per heavy atom. The number of amides is 1. The van der Waals surface area contributed by atoms with E-state index < -0.39 is 51.1 Å². The van der Waals surface area contributed by atoms with Gasteiger partial charge in [-0.25, -0.2) is 8.42 Å². The number of ether oxygens (including phenoxy) is 1. The molecule has 3 heterocycles. The first-order valence-electron chi connectivity index (χ1n) is 8.03. The van der Waals surface area contributed by atoms with Crippen molar-refractivity contribution in [3.63, 3.8) is 0 Å². The van der Waals surface area contributed by atoms with Crippen LogP contribution in [0.15, 0.2) is 41.2 Å². The molecule has 0 radical (unpaired) electrons. The van der Waals surface area contributed by atoms with Gasteiger partial charge in [-0.1, -0.05) is 13.0 Å². The van der Waals surface area contributed by atoms with Crippen molar-refractivity contribution in [2.75, 3.05) is 12.4 Å². The molecule has 1 fully saturated rings. The van der Waals surface area contributed by atoms with Crippen molar-refractivity contribution in [2.24, 2.45) is 0 Å².